The van der Waals surface area contributed by atoms with Gasteiger partial charge in [-0.15, -0.1) is 0 Å². The quantitative estimate of drug-likeness (QED) is 0.729. The highest BCUT2D eigenvalue weighted by molar-refractivity contribution is 6.14. The number of para-hydroxylation sites is 1. The van der Waals surface area contributed by atoms with Gasteiger partial charge in [-0.05, 0) is 30.3 Å². The summed E-state index contributed by atoms with van der Waals surface area (Å²) in [6.07, 6.45) is 1.50. The normalized spacial score (nSPS) is 10.5. The van der Waals surface area contributed by atoms with E-state index in [1.54, 1.807) is 24.3 Å². The Morgan fingerprint density at radius 2 is 1.91 bits per heavy atom. The minimum absolute atomic E-state index is 0.259. The second-order valence-corrected chi connectivity index (χ2v) is 4.88. The molecule has 0 aliphatic carbocycles. The van der Waals surface area contributed by atoms with Crippen LogP contribution in [0.4, 0.5) is 10.1 Å². The zero-order chi connectivity index (χ0) is 16.4. The molecule has 0 radical (unpaired) electrons. The summed E-state index contributed by atoms with van der Waals surface area (Å²) in [5.41, 5.74) is 1.49. The molecule has 5 nitrogen and oxygen atoms in total. The number of fused-ring (bicyclic) bond motifs is 1. The number of aromatic nitrogens is 1. The fourth-order valence-electron chi connectivity index (χ4n) is 2.36. The zero-order valence-corrected chi connectivity index (χ0v) is 12.2. The average molecular weight is 312 g/mol. The van der Waals surface area contributed by atoms with E-state index in [1.807, 2.05) is 0 Å². The molecule has 2 aromatic carbocycles. The molecule has 3 aromatic rings. The van der Waals surface area contributed by atoms with E-state index in [9.17, 15) is 14.0 Å². The second kappa shape index (κ2) is 5.92. The first-order chi connectivity index (χ1) is 11.1. The largest absolute Gasteiger partial charge is 0.465 e. The number of carbonyl (C=O) groups excluding carboxylic acids is 2. The molecule has 1 heterocycles. The summed E-state index contributed by atoms with van der Waals surface area (Å²) in [7, 11) is 1.27. The number of hydrogen-bond acceptors (Lipinski definition) is 3. The molecule has 0 aliphatic rings. The number of carbonyl (C=O) groups is 2. The predicted molar refractivity (Wildman–Crippen MR) is 84.0 cm³/mol. The molecule has 1 aromatic heterocycles. The van der Waals surface area contributed by atoms with Crippen molar-refractivity contribution >= 4 is 28.5 Å². The summed E-state index contributed by atoms with van der Waals surface area (Å²) < 4.78 is 17.9. The first kappa shape index (κ1) is 14.8. The summed E-state index contributed by atoms with van der Waals surface area (Å²) in [6.45, 7) is 0. The number of benzene rings is 2. The topological polar surface area (TPSA) is 71.2 Å². The lowest BCUT2D eigenvalue weighted by Crippen LogP contribution is -2.15. The number of methoxy groups -OCH3 is 1. The molecule has 0 spiro atoms. The monoisotopic (exact) mass is 312 g/mol. The lowest BCUT2D eigenvalue weighted by atomic mass is 10.1. The molecule has 23 heavy (non-hydrogen) atoms. The van der Waals surface area contributed by atoms with Gasteiger partial charge in [-0.1, -0.05) is 12.1 Å². The van der Waals surface area contributed by atoms with Crippen molar-refractivity contribution in [1.82, 2.24) is 4.98 Å². The number of esters is 1. The highest BCUT2D eigenvalue weighted by atomic mass is 19.1. The first-order valence-electron chi connectivity index (χ1n) is 6.85. The van der Waals surface area contributed by atoms with E-state index in [-0.39, 0.29) is 11.4 Å². The minimum atomic E-state index is -0.540. The molecular weight excluding hydrogens is 299 g/mol. The van der Waals surface area contributed by atoms with Gasteiger partial charge in [0.2, 0.25) is 0 Å². The van der Waals surface area contributed by atoms with Gasteiger partial charge in [-0.25, -0.2) is 9.18 Å². The van der Waals surface area contributed by atoms with Crippen LogP contribution in [-0.4, -0.2) is 24.0 Å². The number of anilines is 1. The smallest absolute Gasteiger partial charge is 0.339 e. The van der Waals surface area contributed by atoms with Crippen molar-refractivity contribution in [3.8, 4) is 0 Å². The van der Waals surface area contributed by atoms with Gasteiger partial charge in [0.25, 0.3) is 5.91 Å². The van der Waals surface area contributed by atoms with Gasteiger partial charge in [0.1, 0.15) is 5.82 Å². The molecule has 0 atom stereocenters. The van der Waals surface area contributed by atoms with E-state index in [0.29, 0.717) is 22.2 Å². The summed E-state index contributed by atoms with van der Waals surface area (Å²) in [6, 6.07) is 10.7. The van der Waals surface area contributed by atoms with Crippen LogP contribution in [0.25, 0.3) is 10.9 Å². The van der Waals surface area contributed by atoms with E-state index in [1.165, 1.54) is 31.5 Å². The van der Waals surface area contributed by atoms with Crippen LogP contribution >= 0.6 is 0 Å². The Bertz CT molecular complexity index is 902. The zero-order valence-electron chi connectivity index (χ0n) is 12.2. The maximum atomic E-state index is 13.2. The van der Waals surface area contributed by atoms with Crippen molar-refractivity contribution < 1.29 is 18.7 Å². The Balaban J connectivity index is 1.94. The predicted octanol–water partition coefficient (Wildman–Crippen LogP) is 3.35. The number of amides is 1. The maximum absolute atomic E-state index is 13.2. The standard InChI is InChI=1S/C17H13FN2O3/c1-23-17(22)12-4-2-3-5-14(12)20-16(21)13-9-19-15-8-10(18)6-7-11(13)15/h2-9,19H,1H3,(H,20,21). The lowest BCUT2D eigenvalue weighted by molar-refractivity contribution is 0.0602. The number of halogens is 1. The van der Waals surface area contributed by atoms with Crippen LogP contribution in [0.1, 0.15) is 20.7 Å². The van der Waals surface area contributed by atoms with Crippen LogP contribution in [0.5, 0.6) is 0 Å². The highest BCUT2D eigenvalue weighted by Crippen LogP contribution is 2.22. The number of nitrogens with one attached hydrogen (secondary N) is 2. The van der Waals surface area contributed by atoms with Crippen LogP contribution in [-0.2, 0) is 4.74 Å². The van der Waals surface area contributed by atoms with Crippen molar-refractivity contribution in [3.63, 3.8) is 0 Å². The Kier molecular flexibility index (Phi) is 3.80. The van der Waals surface area contributed by atoms with Gasteiger partial charge in [0.05, 0.1) is 23.9 Å². The molecule has 1 amide bonds. The summed E-state index contributed by atoms with van der Waals surface area (Å²) in [5, 5.41) is 3.28. The van der Waals surface area contributed by atoms with Crippen LogP contribution < -0.4 is 5.32 Å². The van der Waals surface area contributed by atoms with Crippen molar-refractivity contribution in [1.29, 1.82) is 0 Å². The summed E-state index contributed by atoms with van der Waals surface area (Å²) in [4.78, 5) is 27.0. The third-order valence-electron chi connectivity index (χ3n) is 3.47. The average Bonchev–Trinajstić information content (AvgIpc) is 2.97. The summed E-state index contributed by atoms with van der Waals surface area (Å²) >= 11 is 0. The number of hydrogen-bond donors (Lipinski definition) is 2. The molecule has 6 heteroatoms. The third-order valence-corrected chi connectivity index (χ3v) is 3.47. The van der Waals surface area contributed by atoms with Gasteiger partial charge in [-0.2, -0.15) is 0 Å². The van der Waals surface area contributed by atoms with E-state index < -0.39 is 11.9 Å². The number of H-pyrrole nitrogens is 1. The summed E-state index contributed by atoms with van der Waals surface area (Å²) in [5.74, 6) is -1.33. The van der Waals surface area contributed by atoms with Gasteiger partial charge in [0, 0.05) is 17.1 Å². The molecule has 0 bridgehead atoms. The van der Waals surface area contributed by atoms with Gasteiger partial charge < -0.3 is 15.0 Å². The third kappa shape index (κ3) is 2.78. The molecule has 0 fully saturated rings. The molecule has 0 unspecified atom stereocenters. The Morgan fingerprint density at radius 3 is 2.70 bits per heavy atom. The highest BCUT2D eigenvalue weighted by Gasteiger charge is 2.16. The number of aromatic amines is 1. The second-order valence-electron chi connectivity index (χ2n) is 4.88. The lowest BCUT2D eigenvalue weighted by Gasteiger charge is -2.09. The number of rotatable bonds is 3. The van der Waals surface area contributed by atoms with E-state index in [0.717, 1.165) is 0 Å². The van der Waals surface area contributed by atoms with Gasteiger partial charge in [-0.3, -0.25) is 4.79 Å². The maximum Gasteiger partial charge on any atom is 0.339 e. The molecule has 0 saturated heterocycles. The molecule has 2 N–H and O–H groups in total. The molecule has 116 valence electrons. The van der Waals surface area contributed by atoms with E-state index in [2.05, 4.69) is 10.3 Å². The Hall–Kier alpha value is -3.15. The molecule has 0 saturated carbocycles. The van der Waals surface area contributed by atoms with Crippen LogP contribution in [0.2, 0.25) is 0 Å². The van der Waals surface area contributed by atoms with E-state index in [4.69, 9.17) is 4.74 Å². The minimum Gasteiger partial charge on any atom is -0.465 e. The van der Waals surface area contributed by atoms with Crippen LogP contribution in [0.3, 0.4) is 0 Å². The molecule has 0 aliphatic heterocycles. The van der Waals surface area contributed by atoms with E-state index >= 15 is 0 Å². The van der Waals surface area contributed by atoms with Crippen molar-refractivity contribution in [2.24, 2.45) is 0 Å². The fourth-order valence-corrected chi connectivity index (χ4v) is 2.36. The van der Waals surface area contributed by atoms with Crippen LogP contribution in [0.15, 0.2) is 48.7 Å². The molecule has 3 rings (SSSR count). The van der Waals surface area contributed by atoms with Gasteiger partial charge >= 0.3 is 5.97 Å². The Labute approximate surface area is 131 Å². The SMILES string of the molecule is COC(=O)c1ccccc1NC(=O)c1c[nH]c2cc(F)ccc12. The van der Waals surface area contributed by atoms with Crippen molar-refractivity contribution in [3.05, 3.63) is 65.6 Å². The van der Waals surface area contributed by atoms with Crippen molar-refractivity contribution in [2.45, 2.75) is 0 Å². The van der Waals surface area contributed by atoms with Crippen LogP contribution in [0, 0.1) is 5.82 Å². The van der Waals surface area contributed by atoms with Gasteiger partial charge in [0.15, 0.2) is 0 Å². The fraction of sp³-hybridized carbons (Fsp3) is 0.0588. The van der Waals surface area contributed by atoms with Crippen molar-refractivity contribution in [2.75, 3.05) is 12.4 Å². The first-order valence-corrected chi connectivity index (χ1v) is 6.85. The Morgan fingerprint density at radius 1 is 1.13 bits per heavy atom. The molecular formula is C17H13FN2O3. The number of ether oxygens (including phenoxy) is 1.